The smallest absolute Gasteiger partial charge is 0.123 e. The Morgan fingerprint density at radius 3 is 1.74 bits per heavy atom. The highest BCUT2D eigenvalue weighted by atomic mass is 16.6. The van der Waals surface area contributed by atoms with Crippen molar-refractivity contribution in [2.75, 3.05) is 13.2 Å². The zero-order chi connectivity index (χ0) is 23.5. The van der Waals surface area contributed by atoms with Crippen molar-refractivity contribution in [1.82, 2.24) is 0 Å². The van der Waals surface area contributed by atoms with Crippen molar-refractivity contribution in [2.45, 2.75) is 17.9 Å². The molecular formula is C29H26O5. The Morgan fingerprint density at radius 2 is 1.18 bits per heavy atom. The Morgan fingerprint density at radius 1 is 0.676 bits per heavy atom. The summed E-state index contributed by atoms with van der Waals surface area (Å²) in [5, 5.41) is 33.0. The molecule has 34 heavy (non-hydrogen) atoms. The molecule has 3 N–H and O–H groups in total. The summed E-state index contributed by atoms with van der Waals surface area (Å²) in [6.07, 6.45) is 0.339. The summed E-state index contributed by atoms with van der Waals surface area (Å²) in [5.74, 6) is 0.936. The van der Waals surface area contributed by atoms with Gasteiger partial charge in [0.2, 0.25) is 0 Å². The number of aromatic hydroxyl groups is 3. The number of phenolic OH excluding ortho intramolecular Hbond substituents is 3. The van der Waals surface area contributed by atoms with Crippen LogP contribution in [0.3, 0.4) is 0 Å². The maximum absolute atomic E-state index is 11.1. The van der Waals surface area contributed by atoms with Gasteiger partial charge < -0.3 is 24.8 Å². The number of epoxide rings is 1. The summed E-state index contributed by atoms with van der Waals surface area (Å²) in [6.45, 7) is 1.08. The molecule has 0 spiro atoms. The molecule has 5 heteroatoms. The minimum Gasteiger partial charge on any atom is -0.508 e. The monoisotopic (exact) mass is 454 g/mol. The fraction of sp³-hybridized carbons (Fsp3) is 0.172. The van der Waals surface area contributed by atoms with Gasteiger partial charge in [0.1, 0.15) is 35.7 Å². The average molecular weight is 455 g/mol. The highest BCUT2D eigenvalue weighted by Gasteiger charge is 2.43. The molecule has 0 radical (unpaired) electrons. The van der Waals surface area contributed by atoms with Crippen LogP contribution < -0.4 is 4.74 Å². The second-order valence-corrected chi connectivity index (χ2v) is 8.51. The molecule has 5 rings (SSSR count). The fourth-order valence-electron chi connectivity index (χ4n) is 4.63. The topological polar surface area (TPSA) is 82.5 Å². The van der Waals surface area contributed by atoms with Crippen molar-refractivity contribution in [3.63, 3.8) is 0 Å². The van der Waals surface area contributed by atoms with Crippen LogP contribution in [0.1, 0.15) is 22.3 Å². The van der Waals surface area contributed by atoms with Gasteiger partial charge in [0, 0.05) is 16.7 Å². The van der Waals surface area contributed by atoms with Crippen LogP contribution in [-0.2, 0) is 16.6 Å². The zero-order valence-corrected chi connectivity index (χ0v) is 18.6. The van der Waals surface area contributed by atoms with E-state index >= 15 is 0 Å². The molecule has 0 saturated carbocycles. The van der Waals surface area contributed by atoms with Crippen molar-refractivity contribution in [3.05, 3.63) is 119 Å². The highest BCUT2D eigenvalue weighted by Crippen LogP contribution is 2.51. The Bertz CT molecular complexity index is 1250. The second-order valence-electron chi connectivity index (χ2n) is 8.51. The van der Waals surface area contributed by atoms with E-state index in [2.05, 4.69) is 0 Å². The van der Waals surface area contributed by atoms with Gasteiger partial charge in [-0.25, -0.2) is 0 Å². The van der Waals surface area contributed by atoms with Gasteiger partial charge in [-0.2, -0.15) is 0 Å². The van der Waals surface area contributed by atoms with Crippen LogP contribution in [0, 0.1) is 0 Å². The van der Waals surface area contributed by atoms with Gasteiger partial charge in [-0.05, 0) is 36.2 Å². The molecule has 4 aromatic rings. The Kier molecular flexibility index (Phi) is 5.86. The number of benzene rings is 4. The number of hydrogen-bond acceptors (Lipinski definition) is 5. The molecule has 172 valence electrons. The third kappa shape index (κ3) is 4.06. The van der Waals surface area contributed by atoms with E-state index in [9.17, 15) is 15.3 Å². The lowest BCUT2D eigenvalue weighted by molar-refractivity contribution is 0.258. The molecular weight excluding hydrogens is 428 g/mol. The third-order valence-electron chi connectivity index (χ3n) is 6.35. The van der Waals surface area contributed by atoms with E-state index in [1.54, 1.807) is 36.4 Å². The molecule has 0 amide bonds. The summed E-state index contributed by atoms with van der Waals surface area (Å²) in [5.41, 5.74) is 1.56. The summed E-state index contributed by atoms with van der Waals surface area (Å²) >= 11 is 0. The minimum absolute atomic E-state index is 0.0656. The third-order valence-corrected chi connectivity index (χ3v) is 6.35. The van der Waals surface area contributed by atoms with Gasteiger partial charge >= 0.3 is 0 Å². The number of ether oxygens (including phenoxy) is 2. The highest BCUT2D eigenvalue weighted by molar-refractivity contribution is 5.63. The molecule has 1 unspecified atom stereocenters. The van der Waals surface area contributed by atoms with Gasteiger partial charge in [-0.3, -0.25) is 0 Å². The first kappa shape index (κ1) is 21.9. The first-order valence-corrected chi connectivity index (χ1v) is 11.3. The Balaban J connectivity index is 1.82. The summed E-state index contributed by atoms with van der Waals surface area (Å²) in [7, 11) is 0. The lowest BCUT2D eigenvalue weighted by Crippen LogP contribution is -2.33. The average Bonchev–Trinajstić information content (AvgIpc) is 3.68. The largest absolute Gasteiger partial charge is 0.508 e. The SMILES string of the molecule is Oc1ccccc1CC(c1ccccc1O)(c1ccccc1O)c1ccccc1OCC1CO1. The van der Waals surface area contributed by atoms with Gasteiger partial charge in [-0.1, -0.05) is 72.8 Å². The van der Waals surface area contributed by atoms with Gasteiger partial charge in [0.15, 0.2) is 0 Å². The number of rotatable bonds is 8. The van der Waals surface area contributed by atoms with Crippen molar-refractivity contribution in [3.8, 4) is 23.0 Å². The first-order valence-electron chi connectivity index (χ1n) is 11.3. The quantitative estimate of drug-likeness (QED) is 0.253. The van der Waals surface area contributed by atoms with Gasteiger partial charge in [-0.15, -0.1) is 0 Å². The minimum atomic E-state index is -1.07. The molecule has 1 aliphatic rings. The van der Waals surface area contributed by atoms with Crippen LogP contribution in [0.5, 0.6) is 23.0 Å². The fourth-order valence-corrected chi connectivity index (χ4v) is 4.63. The van der Waals surface area contributed by atoms with Crippen molar-refractivity contribution in [1.29, 1.82) is 0 Å². The molecule has 5 nitrogen and oxygen atoms in total. The maximum Gasteiger partial charge on any atom is 0.123 e. The van der Waals surface area contributed by atoms with Crippen LogP contribution in [0.4, 0.5) is 0 Å². The number of para-hydroxylation sites is 4. The van der Waals surface area contributed by atoms with Crippen molar-refractivity contribution in [2.24, 2.45) is 0 Å². The predicted octanol–water partition coefficient (Wildman–Crippen LogP) is 5.16. The second kappa shape index (κ2) is 9.12. The van der Waals surface area contributed by atoms with Crippen molar-refractivity contribution >= 4 is 0 Å². The first-order chi connectivity index (χ1) is 16.6. The standard InChI is InChI=1S/C29H26O5/c30-25-13-5-1-9-20(25)17-29(22-10-2-6-14-26(22)31,23-11-3-7-15-27(23)32)24-12-4-8-16-28(24)34-19-21-18-33-21/h1-16,21,30-32H,17-19H2. The number of hydrogen-bond donors (Lipinski definition) is 3. The maximum atomic E-state index is 11.1. The molecule has 1 aliphatic heterocycles. The molecule has 1 atom stereocenters. The van der Waals surface area contributed by atoms with E-state index in [0.29, 0.717) is 35.7 Å². The normalized spacial score (nSPS) is 15.1. The summed E-state index contributed by atoms with van der Waals surface area (Å²) in [6, 6.07) is 29.0. The molecule has 4 aromatic carbocycles. The van der Waals surface area contributed by atoms with Crippen LogP contribution in [0.25, 0.3) is 0 Å². The van der Waals surface area contributed by atoms with Crippen LogP contribution in [0.2, 0.25) is 0 Å². The Labute approximate surface area is 198 Å². The summed E-state index contributed by atoms with van der Waals surface area (Å²) in [4.78, 5) is 0. The van der Waals surface area contributed by atoms with Gasteiger partial charge in [0.25, 0.3) is 0 Å². The number of phenols is 3. The lowest BCUT2D eigenvalue weighted by Gasteiger charge is -2.38. The van der Waals surface area contributed by atoms with E-state index in [1.165, 1.54) is 0 Å². The molecule has 1 heterocycles. The lowest BCUT2D eigenvalue weighted by atomic mass is 9.65. The van der Waals surface area contributed by atoms with Gasteiger partial charge in [0.05, 0.1) is 12.0 Å². The van der Waals surface area contributed by atoms with E-state index < -0.39 is 5.41 Å². The zero-order valence-electron chi connectivity index (χ0n) is 18.6. The van der Waals surface area contributed by atoms with E-state index in [0.717, 1.165) is 5.56 Å². The van der Waals surface area contributed by atoms with E-state index in [1.807, 2.05) is 60.7 Å². The van der Waals surface area contributed by atoms with Crippen LogP contribution >= 0.6 is 0 Å². The molecule has 0 aliphatic carbocycles. The molecule has 0 aromatic heterocycles. The molecule has 1 saturated heterocycles. The Hall–Kier alpha value is -3.96. The van der Waals surface area contributed by atoms with E-state index in [-0.39, 0.29) is 29.8 Å². The summed E-state index contributed by atoms with van der Waals surface area (Å²) < 4.78 is 11.5. The predicted molar refractivity (Wildman–Crippen MR) is 130 cm³/mol. The van der Waals surface area contributed by atoms with Crippen LogP contribution in [-0.4, -0.2) is 34.6 Å². The molecule has 1 fully saturated rings. The van der Waals surface area contributed by atoms with Crippen LogP contribution in [0.15, 0.2) is 97.1 Å². The van der Waals surface area contributed by atoms with Crippen molar-refractivity contribution < 1.29 is 24.8 Å². The molecule has 0 bridgehead atoms. The van der Waals surface area contributed by atoms with E-state index in [4.69, 9.17) is 9.47 Å².